The second-order valence-corrected chi connectivity index (χ2v) is 7.86. The molecule has 8 nitrogen and oxygen atoms in total. The number of piperazine rings is 1. The van der Waals surface area contributed by atoms with Gasteiger partial charge in [0.2, 0.25) is 0 Å². The van der Waals surface area contributed by atoms with Gasteiger partial charge in [-0.05, 0) is 37.3 Å². The molecule has 0 radical (unpaired) electrons. The molecular formula is C24H25N5O3. The zero-order valence-electron chi connectivity index (χ0n) is 18.4. The van der Waals surface area contributed by atoms with Crippen LogP contribution in [0.1, 0.15) is 16.1 Å². The molecule has 3 heterocycles. The minimum absolute atomic E-state index is 0.00899. The molecule has 0 spiro atoms. The van der Waals surface area contributed by atoms with E-state index in [1.807, 2.05) is 34.5 Å². The average Bonchev–Trinajstić information content (AvgIpc) is 3.23. The summed E-state index contributed by atoms with van der Waals surface area (Å²) in [5.41, 5.74) is 3.39. The molecule has 0 bridgehead atoms. The Morgan fingerprint density at radius 2 is 1.69 bits per heavy atom. The summed E-state index contributed by atoms with van der Waals surface area (Å²) in [4.78, 5) is 22.1. The van der Waals surface area contributed by atoms with Gasteiger partial charge < -0.3 is 19.3 Å². The largest absolute Gasteiger partial charge is 0.493 e. The first-order valence-corrected chi connectivity index (χ1v) is 10.6. The third-order valence-electron chi connectivity index (χ3n) is 5.90. The summed E-state index contributed by atoms with van der Waals surface area (Å²) in [5, 5.41) is 5.64. The second-order valence-electron chi connectivity index (χ2n) is 7.86. The maximum Gasteiger partial charge on any atom is 0.254 e. The zero-order valence-corrected chi connectivity index (χ0v) is 18.4. The van der Waals surface area contributed by atoms with Gasteiger partial charge in [0.15, 0.2) is 17.1 Å². The molecule has 2 aromatic heterocycles. The molecule has 5 rings (SSSR count). The Morgan fingerprint density at radius 1 is 0.938 bits per heavy atom. The Morgan fingerprint density at radius 3 is 2.44 bits per heavy atom. The fourth-order valence-corrected chi connectivity index (χ4v) is 4.27. The molecule has 0 aliphatic carbocycles. The van der Waals surface area contributed by atoms with E-state index in [9.17, 15) is 4.79 Å². The third kappa shape index (κ3) is 3.37. The van der Waals surface area contributed by atoms with Crippen LogP contribution in [0.4, 0.5) is 5.82 Å². The lowest BCUT2D eigenvalue weighted by atomic mass is 10.1. The highest BCUT2D eigenvalue weighted by Crippen LogP contribution is 2.29. The number of carbonyl (C=O) groups is 1. The molecule has 1 saturated heterocycles. The van der Waals surface area contributed by atoms with Crippen molar-refractivity contribution in [2.24, 2.45) is 0 Å². The molecule has 0 atom stereocenters. The van der Waals surface area contributed by atoms with Crippen molar-refractivity contribution < 1.29 is 14.3 Å². The molecule has 8 heteroatoms. The van der Waals surface area contributed by atoms with E-state index in [-0.39, 0.29) is 5.91 Å². The maximum atomic E-state index is 13.1. The highest BCUT2D eigenvalue weighted by molar-refractivity contribution is 5.95. The molecule has 1 fully saturated rings. The van der Waals surface area contributed by atoms with Crippen LogP contribution in [0.3, 0.4) is 0 Å². The molecule has 32 heavy (non-hydrogen) atoms. The number of benzene rings is 2. The van der Waals surface area contributed by atoms with Gasteiger partial charge in [-0.3, -0.25) is 4.79 Å². The van der Waals surface area contributed by atoms with Crippen LogP contribution in [0.2, 0.25) is 0 Å². The summed E-state index contributed by atoms with van der Waals surface area (Å²) in [6.45, 7) is 4.62. The van der Waals surface area contributed by atoms with E-state index in [0.717, 1.165) is 28.1 Å². The van der Waals surface area contributed by atoms with Crippen LogP contribution < -0.4 is 14.4 Å². The van der Waals surface area contributed by atoms with Crippen molar-refractivity contribution in [3.8, 4) is 11.5 Å². The number of anilines is 1. The molecule has 0 N–H and O–H groups in total. The number of aromatic nitrogens is 3. The number of rotatable bonds is 4. The molecular weight excluding hydrogens is 406 g/mol. The van der Waals surface area contributed by atoms with Crippen LogP contribution in [0.15, 0.2) is 48.5 Å². The summed E-state index contributed by atoms with van der Waals surface area (Å²) in [5.74, 6) is 2.09. The summed E-state index contributed by atoms with van der Waals surface area (Å²) < 4.78 is 12.5. The van der Waals surface area contributed by atoms with Crippen molar-refractivity contribution in [1.82, 2.24) is 19.5 Å². The number of carbonyl (C=O) groups excluding carboxylic acids is 1. The fraction of sp³-hybridized carbons (Fsp3) is 0.292. The number of nitrogens with zero attached hydrogens (tertiary/aromatic N) is 5. The van der Waals surface area contributed by atoms with E-state index < -0.39 is 0 Å². The monoisotopic (exact) mass is 431 g/mol. The topological polar surface area (TPSA) is 72.2 Å². The van der Waals surface area contributed by atoms with Crippen LogP contribution in [-0.4, -0.2) is 65.8 Å². The van der Waals surface area contributed by atoms with Crippen molar-refractivity contribution in [3.63, 3.8) is 0 Å². The van der Waals surface area contributed by atoms with Gasteiger partial charge >= 0.3 is 0 Å². The lowest BCUT2D eigenvalue weighted by Gasteiger charge is -2.36. The molecule has 1 aliphatic rings. The summed E-state index contributed by atoms with van der Waals surface area (Å²) in [7, 11) is 3.15. The number of para-hydroxylation sites is 1. The number of ether oxygens (including phenoxy) is 2. The highest BCUT2D eigenvalue weighted by Gasteiger charge is 2.25. The minimum atomic E-state index is -0.00899. The Labute approximate surface area is 186 Å². The van der Waals surface area contributed by atoms with E-state index in [0.29, 0.717) is 43.2 Å². The van der Waals surface area contributed by atoms with E-state index in [1.165, 1.54) is 0 Å². The van der Waals surface area contributed by atoms with Gasteiger partial charge in [-0.1, -0.05) is 12.1 Å². The Kier molecular flexibility index (Phi) is 5.05. The minimum Gasteiger partial charge on any atom is -0.493 e. The standard InChI is InChI=1S/C24H25N5O3/c1-16-14-22-25-23(18-6-4-5-7-19(18)29(22)26-16)27-10-12-28(13-11-27)24(30)17-8-9-20(31-2)21(15-17)32-3/h4-9,14-15H,10-13H2,1-3H3. The molecule has 1 aliphatic heterocycles. The van der Waals surface area contributed by atoms with Gasteiger partial charge in [-0.2, -0.15) is 5.10 Å². The van der Waals surface area contributed by atoms with Crippen molar-refractivity contribution in [2.45, 2.75) is 6.92 Å². The number of fused-ring (bicyclic) bond motifs is 3. The van der Waals surface area contributed by atoms with Crippen LogP contribution >= 0.6 is 0 Å². The SMILES string of the molecule is COc1ccc(C(=O)N2CCN(c3nc4cc(C)nn4c4ccccc34)CC2)cc1OC. The van der Waals surface area contributed by atoms with E-state index in [1.54, 1.807) is 32.4 Å². The summed E-state index contributed by atoms with van der Waals surface area (Å²) in [6.07, 6.45) is 0. The molecule has 0 saturated carbocycles. The first-order chi connectivity index (χ1) is 15.6. The third-order valence-corrected chi connectivity index (χ3v) is 5.90. The van der Waals surface area contributed by atoms with Crippen LogP contribution in [0, 0.1) is 6.92 Å². The number of aryl methyl sites for hydroxylation is 1. The first-order valence-electron chi connectivity index (χ1n) is 10.6. The number of methoxy groups -OCH3 is 2. The van der Waals surface area contributed by atoms with Gasteiger partial charge in [0, 0.05) is 43.2 Å². The number of amides is 1. The number of hydrogen-bond donors (Lipinski definition) is 0. The van der Waals surface area contributed by atoms with E-state index in [4.69, 9.17) is 14.5 Å². The first kappa shape index (κ1) is 20.1. The molecule has 1 amide bonds. The average molecular weight is 431 g/mol. The molecule has 164 valence electrons. The molecule has 4 aromatic rings. The van der Waals surface area contributed by atoms with Crippen LogP contribution in [-0.2, 0) is 0 Å². The molecule has 0 unspecified atom stereocenters. The van der Waals surface area contributed by atoms with Crippen molar-refractivity contribution in [1.29, 1.82) is 0 Å². The van der Waals surface area contributed by atoms with Gasteiger partial charge in [0.05, 0.1) is 25.4 Å². The smallest absolute Gasteiger partial charge is 0.254 e. The Hall–Kier alpha value is -3.81. The predicted molar refractivity (Wildman–Crippen MR) is 123 cm³/mol. The zero-order chi connectivity index (χ0) is 22.2. The Balaban J connectivity index is 1.39. The van der Waals surface area contributed by atoms with Crippen molar-refractivity contribution in [3.05, 3.63) is 59.8 Å². The van der Waals surface area contributed by atoms with Crippen molar-refractivity contribution >= 4 is 28.3 Å². The predicted octanol–water partition coefficient (Wildman–Crippen LogP) is 3.17. The van der Waals surface area contributed by atoms with Gasteiger partial charge in [-0.25, -0.2) is 9.50 Å². The van der Waals surface area contributed by atoms with Gasteiger partial charge in [0.1, 0.15) is 5.82 Å². The lowest BCUT2D eigenvalue weighted by Crippen LogP contribution is -2.49. The quantitative estimate of drug-likeness (QED) is 0.494. The van der Waals surface area contributed by atoms with Crippen LogP contribution in [0.25, 0.3) is 16.6 Å². The second kappa shape index (κ2) is 8.03. The van der Waals surface area contributed by atoms with Gasteiger partial charge in [0.25, 0.3) is 5.91 Å². The lowest BCUT2D eigenvalue weighted by molar-refractivity contribution is 0.0746. The summed E-state index contributed by atoms with van der Waals surface area (Å²) in [6, 6.07) is 15.5. The van der Waals surface area contributed by atoms with Gasteiger partial charge in [-0.15, -0.1) is 0 Å². The molecule has 2 aromatic carbocycles. The van der Waals surface area contributed by atoms with Crippen LogP contribution in [0.5, 0.6) is 11.5 Å². The maximum absolute atomic E-state index is 13.1. The fourth-order valence-electron chi connectivity index (χ4n) is 4.27. The Bertz CT molecular complexity index is 1310. The highest BCUT2D eigenvalue weighted by atomic mass is 16.5. The van der Waals surface area contributed by atoms with E-state index >= 15 is 0 Å². The number of hydrogen-bond acceptors (Lipinski definition) is 6. The summed E-state index contributed by atoms with van der Waals surface area (Å²) >= 11 is 0. The van der Waals surface area contributed by atoms with Crippen molar-refractivity contribution in [2.75, 3.05) is 45.3 Å². The normalized spacial score (nSPS) is 14.2. The van der Waals surface area contributed by atoms with E-state index in [2.05, 4.69) is 22.1 Å².